The molecule has 0 fully saturated rings. The minimum Gasteiger partial charge on any atom is -0.369 e. The van der Waals surface area contributed by atoms with Crippen molar-refractivity contribution < 1.29 is 9.53 Å². The van der Waals surface area contributed by atoms with E-state index in [4.69, 9.17) is 4.74 Å². The van der Waals surface area contributed by atoms with Crippen LogP contribution in [-0.4, -0.2) is 31.8 Å². The highest BCUT2D eigenvalue weighted by molar-refractivity contribution is 5.94. The molecule has 2 aromatic heterocycles. The van der Waals surface area contributed by atoms with Gasteiger partial charge in [0.1, 0.15) is 5.82 Å². The normalized spacial score (nSPS) is 20.7. The Morgan fingerprint density at radius 2 is 2.36 bits per heavy atom. The summed E-state index contributed by atoms with van der Waals surface area (Å²) in [5.74, 6) is 0.662. The first-order valence-corrected chi connectivity index (χ1v) is 7.61. The fourth-order valence-corrected chi connectivity index (χ4v) is 2.90. The van der Waals surface area contributed by atoms with Gasteiger partial charge in [0.05, 0.1) is 24.4 Å². The number of fused-ring (bicyclic) bond motifs is 1. The van der Waals surface area contributed by atoms with E-state index < -0.39 is 0 Å². The third kappa shape index (κ3) is 2.64. The van der Waals surface area contributed by atoms with Crippen molar-refractivity contribution in [1.29, 1.82) is 0 Å². The van der Waals surface area contributed by atoms with E-state index in [9.17, 15) is 4.79 Å². The number of hydrogen-bond acceptors (Lipinski definition) is 4. The van der Waals surface area contributed by atoms with E-state index in [1.165, 1.54) is 0 Å². The van der Waals surface area contributed by atoms with Crippen LogP contribution in [0.3, 0.4) is 0 Å². The van der Waals surface area contributed by atoms with Gasteiger partial charge in [-0.2, -0.15) is 5.10 Å². The molecule has 0 unspecified atom stereocenters. The van der Waals surface area contributed by atoms with Crippen molar-refractivity contribution in [2.45, 2.75) is 52.5 Å². The summed E-state index contributed by atoms with van der Waals surface area (Å²) >= 11 is 0. The van der Waals surface area contributed by atoms with E-state index in [1.807, 2.05) is 31.5 Å². The predicted molar refractivity (Wildman–Crippen MR) is 80.3 cm³/mol. The van der Waals surface area contributed by atoms with Gasteiger partial charge in [-0.1, -0.05) is 0 Å². The standard InChI is InChI=1S/C15H21N5O2/c1-4-20-6-5-16-12(20)8-17-15(21)14-11-7-9(2)22-10(3)13(11)18-19-14/h5-6,9-10H,4,7-8H2,1-3H3,(H,17,21)(H,18,19)/t9-,10+/m0/s1. The number of aromatic amines is 1. The lowest BCUT2D eigenvalue weighted by molar-refractivity contribution is -0.00697. The zero-order chi connectivity index (χ0) is 15.7. The highest BCUT2D eigenvalue weighted by Gasteiger charge is 2.29. The molecule has 3 heterocycles. The molecular formula is C15H21N5O2. The van der Waals surface area contributed by atoms with Crippen molar-refractivity contribution in [3.63, 3.8) is 0 Å². The van der Waals surface area contributed by atoms with Gasteiger partial charge in [-0.25, -0.2) is 4.98 Å². The summed E-state index contributed by atoms with van der Waals surface area (Å²) in [5, 5.41) is 10.0. The van der Waals surface area contributed by atoms with Crippen LogP contribution in [0.25, 0.3) is 0 Å². The highest BCUT2D eigenvalue weighted by Crippen LogP contribution is 2.29. The lowest BCUT2D eigenvalue weighted by atomic mass is 9.99. The molecule has 22 heavy (non-hydrogen) atoms. The van der Waals surface area contributed by atoms with Crippen LogP contribution < -0.4 is 5.32 Å². The lowest BCUT2D eigenvalue weighted by Gasteiger charge is -2.25. The lowest BCUT2D eigenvalue weighted by Crippen LogP contribution is -2.28. The van der Waals surface area contributed by atoms with Crippen LogP contribution in [-0.2, 0) is 24.2 Å². The molecule has 0 saturated heterocycles. The summed E-state index contributed by atoms with van der Waals surface area (Å²) in [4.78, 5) is 16.7. The Morgan fingerprint density at radius 3 is 3.14 bits per heavy atom. The van der Waals surface area contributed by atoms with Gasteiger partial charge in [0.15, 0.2) is 5.69 Å². The molecule has 7 nitrogen and oxygen atoms in total. The molecule has 0 bridgehead atoms. The van der Waals surface area contributed by atoms with Gasteiger partial charge in [-0.05, 0) is 20.8 Å². The number of nitrogens with zero attached hydrogens (tertiary/aromatic N) is 3. The second-order valence-electron chi connectivity index (χ2n) is 5.57. The van der Waals surface area contributed by atoms with Gasteiger partial charge in [-0.3, -0.25) is 9.89 Å². The van der Waals surface area contributed by atoms with Crippen LogP contribution >= 0.6 is 0 Å². The van der Waals surface area contributed by atoms with Gasteiger partial charge < -0.3 is 14.6 Å². The molecule has 2 N–H and O–H groups in total. The fourth-order valence-electron chi connectivity index (χ4n) is 2.90. The van der Waals surface area contributed by atoms with E-state index >= 15 is 0 Å². The maximum absolute atomic E-state index is 12.4. The van der Waals surface area contributed by atoms with Crippen molar-refractivity contribution in [3.05, 3.63) is 35.2 Å². The van der Waals surface area contributed by atoms with Gasteiger partial charge in [0, 0.05) is 30.9 Å². The summed E-state index contributed by atoms with van der Waals surface area (Å²) in [6, 6.07) is 0. The third-order valence-electron chi connectivity index (χ3n) is 4.00. The third-order valence-corrected chi connectivity index (χ3v) is 4.00. The smallest absolute Gasteiger partial charge is 0.272 e. The van der Waals surface area contributed by atoms with Crippen LogP contribution in [0.4, 0.5) is 0 Å². The number of imidazole rings is 1. The number of amides is 1. The van der Waals surface area contributed by atoms with E-state index in [0.717, 1.165) is 23.6 Å². The summed E-state index contributed by atoms with van der Waals surface area (Å²) in [6.45, 7) is 7.23. The molecule has 1 amide bonds. The summed E-state index contributed by atoms with van der Waals surface area (Å²) in [7, 11) is 0. The van der Waals surface area contributed by atoms with Crippen molar-refractivity contribution in [2.24, 2.45) is 0 Å². The molecule has 0 aliphatic carbocycles. The molecule has 118 valence electrons. The molecule has 1 aliphatic rings. The van der Waals surface area contributed by atoms with E-state index in [1.54, 1.807) is 6.20 Å². The molecule has 3 rings (SSSR count). The molecule has 2 aromatic rings. The number of hydrogen-bond donors (Lipinski definition) is 2. The SMILES string of the molecule is CCn1ccnc1CNC(=O)c1n[nH]c2c1C[C@H](C)O[C@@H]2C. The van der Waals surface area contributed by atoms with Crippen molar-refractivity contribution in [1.82, 2.24) is 25.1 Å². The maximum Gasteiger partial charge on any atom is 0.272 e. The monoisotopic (exact) mass is 303 g/mol. The van der Waals surface area contributed by atoms with Gasteiger partial charge in [0.25, 0.3) is 5.91 Å². The molecule has 7 heteroatoms. The Kier molecular flexibility index (Phi) is 3.98. The zero-order valence-electron chi connectivity index (χ0n) is 13.1. The van der Waals surface area contributed by atoms with Crippen LogP contribution in [0, 0.1) is 0 Å². The Labute approximate surface area is 129 Å². The molecule has 0 radical (unpaired) electrons. The zero-order valence-corrected chi connectivity index (χ0v) is 13.1. The minimum absolute atomic E-state index is 0.0632. The highest BCUT2D eigenvalue weighted by atomic mass is 16.5. The van der Waals surface area contributed by atoms with Crippen LogP contribution in [0.15, 0.2) is 12.4 Å². The topological polar surface area (TPSA) is 84.8 Å². The van der Waals surface area contributed by atoms with Gasteiger partial charge >= 0.3 is 0 Å². The first kappa shape index (κ1) is 14.8. The Morgan fingerprint density at radius 1 is 1.55 bits per heavy atom. The second kappa shape index (κ2) is 5.92. The van der Waals surface area contributed by atoms with E-state index in [2.05, 4.69) is 20.5 Å². The first-order valence-electron chi connectivity index (χ1n) is 7.61. The Hall–Kier alpha value is -2.15. The Bertz CT molecular complexity index is 675. The molecule has 0 spiro atoms. The predicted octanol–water partition coefficient (Wildman–Crippen LogP) is 1.58. The number of ether oxygens (including phenoxy) is 1. The number of carbonyl (C=O) groups is 1. The fraction of sp³-hybridized carbons (Fsp3) is 0.533. The largest absolute Gasteiger partial charge is 0.369 e. The van der Waals surface area contributed by atoms with Gasteiger partial charge in [-0.15, -0.1) is 0 Å². The minimum atomic E-state index is -0.176. The van der Waals surface area contributed by atoms with Crippen LogP contribution in [0.1, 0.15) is 54.4 Å². The number of carbonyl (C=O) groups excluding carboxylic acids is 1. The van der Waals surface area contributed by atoms with Crippen molar-refractivity contribution in [2.75, 3.05) is 0 Å². The molecule has 2 atom stereocenters. The molecular weight excluding hydrogens is 282 g/mol. The maximum atomic E-state index is 12.4. The number of aryl methyl sites for hydroxylation is 1. The molecule has 1 aliphatic heterocycles. The number of nitrogens with one attached hydrogen (secondary N) is 2. The Balaban J connectivity index is 1.74. The summed E-state index contributed by atoms with van der Waals surface area (Å²) < 4.78 is 7.74. The van der Waals surface area contributed by atoms with Crippen molar-refractivity contribution in [3.8, 4) is 0 Å². The molecule has 0 aromatic carbocycles. The van der Waals surface area contributed by atoms with E-state index in [0.29, 0.717) is 18.7 Å². The van der Waals surface area contributed by atoms with E-state index in [-0.39, 0.29) is 18.1 Å². The van der Waals surface area contributed by atoms with Crippen molar-refractivity contribution >= 4 is 5.91 Å². The number of rotatable bonds is 4. The number of H-pyrrole nitrogens is 1. The molecule has 0 saturated carbocycles. The average Bonchev–Trinajstić information content (AvgIpc) is 3.10. The van der Waals surface area contributed by atoms with Gasteiger partial charge in [0.2, 0.25) is 0 Å². The van der Waals surface area contributed by atoms with Crippen LogP contribution in [0.5, 0.6) is 0 Å². The first-order chi connectivity index (χ1) is 10.6. The summed E-state index contributed by atoms with van der Waals surface area (Å²) in [5.41, 5.74) is 2.33. The quantitative estimate of drug-likeness (QED) is 0.898. The average molecular weight is 303 g/mol. The number of aromatic nitrogens is 4. The summed E-state index contributed by atoms with van der Waals surface area (Å²) in [6.07, 6.45) is 4.36. The second-order valence-corrected chi connectivity index (χ2v) is 5.57. The van der Waals surface area contributed by atoms with Crippen LogP contribution in [0.2, 0.25) is 0 Å².